The number of benzene rings is 2. The first-order valence-electron chi connectivity index (χ1n) is 9.13. The first kappa shape index (κ1) is 20.1. The fourth-order valence-corrected chi connectivity index (χ4v) is 2.78. The molecule has 1 N–H and O–H groups in total. The zero-order chi connectivity index (χ0) is 20.6. The minimum Gasteiger partial charge on any atom is -0.481 e. The lowest BCUT2D eigenvalue weighted by Gasteiger charge is -2.08. The molecule has 0 saturated carbocycles. The van der Waals surface area contributed by atoms with Crippen LogP contribution in [0.25, 0.3) is 0 Å². The summed E-state index contributed by atoms with van der Waals surface area (Å²) in [4.78, 5) is 19.2. The van der Waals surface area contributed by atoms with Crippen molar-refractivity contribution in [3.05, 3.63) is 71.3 Å². The largest absolute Gasteiger partial charge is 0.481 e. The van der Waals surface area contributed by atoms with Gasteiger partial charge in [-0.2, -0.15) is 9.97 Å². The number of carbonyl (C=O) groups is 1. The predicted molar refractivity (Wildman–Crippen MR) is 107 cm³/mol. The Morgan fingerprint density at radius 1 is 0.862 bits per heavy atom. The van der Waals surface area contributed by atoms with Gasteiger partial charge in [0.15, 0.2) is 0 Å². The molecule has 1 heterocycles. The summed E-state index contributed by atoms with van der Waals surface area (Å²) in [5.41, 5.74) is 2.62. The van der Waals surface area contributed by atoms with E-state index < -0.39 is 5.97 Å². The highest BCUT2D eigenvalue weighted by Crippen LogP contribution is 2.24. The highest BCUT2D eigenvalue weighted by Gasteiger charge is 2.08. The van der Waals surface area contributed by atoms with Crippen molar-refractivity contribution in [3.63, 3.8) is 0 Å². The molecule has 2 aromatic carbocycles. The molecule has 0 radical (unpaired) electrons. The first-order valence-corrected chi connectivity index (χ1v) is 9.13. The van der Waals surface area contributed by atoms with Crippen LogP contribution >= 0.6 is 0 Å². The van der Waals surface area contributed by atoms with E-state index in [4.69, 9.17) is 19.3 Å². The van der Waals surface area contributed by atoms with Crippen LogP contribution in [0.3, 0.4) is 0 Å². The van der Waals surface area contributed by atoms with Crippen LogP contribution in [0, 0.1) is 0 Å². The lowest BCUT2D eigenvalue weighted by Crippen LogP contribution is -1.98. The molecule has 0 spiro atoms. The van der Waals surface area contributed by atoms with Crippen molar-refractivity contribution in [1.29, 1.82) is 0 Å². The highest BCUT2D eigenvalue weighted by atomic mass is 16.5. The molecule has 0 bridgehead atoms. The van der Waals surface area contributed by atoms with Crippen LogP contribution in [0.5, 0.6) is 23.5 Å². The number of methoxy groups -OCH3 is 2. The van der Waals surface area contributed by atoms with Gasteiger partial charge >= 0.3 is 12.0 Å². The minimum absolute atomic E-state index is 0.152. The van der Waals surface area contributed by atoms with Crippen molar-refractivity contribution in [2.45, 2.75) is 19.3 Å². The third kappa shape index (κ3) is 5.68. The number of rotatable bonds is 9. The summed E-state index contributed by atoms with van der Waals surface area (Å²) in [7, 11) is 3.03. The summed E-state index contributed by atoms with van der Waals surface area (Å²) >= 11 is 0. The van der Waals surface area contributed by atoms with Crippen LogP contribution in [0.1, 0.15) is 27.9 Å². The molecule has 150 valence electrons. The number of aromatic nitrogens is 2. The van der Waals surface area contributed by atoms with Crippen LogP contribution in [-0.2, 0) is 12.8 Å². The molecular weight excluding hydrogens is 372 g/mol. The van der Waals surface area contributed by atoms with E-state index in [2.05, 4.69) is 9.97 Å². The second kappa shape index (κ2) is 9.54. The molecule has 0 aliphatic carbocycles. The van der Waals surface area contributed by atoms with Crippen LogP contribution < -0.4 is 14.2 Å². The normalized spacial score (nSPS) is 10.4. The van der Waals surface area contributed by atoms with Gasteiger partial charge in [-0.25, -0.2) is 4.79 Å². The first-order chi connectivity index (χ1) is 14.1. The average Bonchev–Trinajstić information content (AvgIpc) is 2.75. The summed E-state index contributed by atoms with van der Waals surface area (Å²) < 4.78 is 15.9. The van der Waals surface area contributed by atoms with Crippen molar-refractivity contribution in [2.75, 3.05) is 14.2 Å². The molecule has 0 saturated heterocycles. The van der Waals surface area contributed by atoms with E-state index in [-0.39, 0.29) is 6.01 Å². The smallest absolute Gasteiger partial charge is 0.335 e. The molecule has 0 unspecified atom stereocenters. The van der Waals surface area contributed by atoms with Gasteiger partial charge in [-0.15, -0.1) is 0 Å². The maximum Gasteiger partial charge on any atom is 0.335 e. The summed E-state index contributed by atoms with van der Waals surface area (Å²) in [5.74, 6) is 0.435. The quantitative estimate of drug-likeness (QED) is 0.583. The zero-order valence-electron chi connectivity index (χ0n) is 16.3. The van der Waals surface area contributed by atoms with E-state index in [0.29, 0.717) is 23.1 Å². The van der Waals surface area contributed by atoms with Gasteiger partial charge in [0, 0.05) is 0 Å². The molecule has 7 nitrogen and oxygen atoms in total. The third-order valence-electron chi connectivity index (χ3n) is 4.34. The van der Waals surface area contributed by atoms with Gasteiger partial charge in [-0.05, 0) is 54.7 Å². The second-order valence-corrected chi connectivity index (χ2v) is 6.34. The summed E-state index contributed by atoms with van der Waals surface area (Å²) in [6.45, 7) is 0. The Hall–Kier alpha value is -3.61. The van der Waals surface area contributed by atoms with Gasteiger partial charge in [0.2, 0.25) is 11.8 Å². The molecule has 1 aromatic heterocycles. The fourth-order valence-electron chi connectivity index (χ4n) is 2.78. The van der Waals surface area contributed by atoms with E-state index in [1.807, 2.05) is 36.4 Å². The highest BCUT2D eigenvalue weighted by molar-refractivity contribution is 5.87. The minimum atomic E-state index is -0.906. The molecule has 3 rings (SSSR count). The Labute approximate surface area is 168 Å². The lowest BCUT2D eigenvalue weighted by molar-refractivity contribution is 0.0697. The zero-order valence-corrected chi connectivity index (χ0v) is 16.3. The van der Waals surface area contributed by atoms with E-state index in [1.165, 1.54) is 19.8 Å². The molecule has 7 heteroatoms. The van der Waals surface area contributed by atoms with Crippen molar-refractivity contribution in [3.8, 4) is 23.5 Å². The van der Waals surface area contributed by atoms with E-state index >= 15 is 0 Å². The van der Waals surface area contributed by atoms with Crippen molar-refractivity contribution >= 4 is 5.97 Å². The molecular formula is C22H22N2O5. The maximum absolute atomic E-state index is 10.9. The molecule has 0 amide bonds. The number of carboxylic acid groups (broad SMARTS) is 1. The molecule has 3 aromatic rings. The second-order valence-electron chi connectivity index (χ2n) is 6.34. The Kier molecular flexibility index (Phi) is 6.63. The summed E-state index contributed by atoms with van der Waals surface area (Å²) in [6, 6.07) is 16.5. The Balaban J connectivity index is 1.54. The Morgan fingerprint density at radius 2 is 1.38 bits per heavy atom. The topological polar surface area (TPSA) is 90.8 Å². The van der Waals surface area contributed by atoms with Gasteiger partial charge in [-0.3, -0.25) is 0 Å². The van der Waals surface area contributed by atoms with Gasteiger partial charge in [-0.1, -0.05) is 24.3 Å². The standard InChI is InChI=1S/C22H22N2O5/c1-27-19-14-20(28-2)24-22(23-19)29-18-12-8-16(9-13-18)5-3-4-15-6-10-17(11-7-15)21(25)26/h6-14H,3-5H2,1-2H3,(H,25,26). The summed E-state index contributed by atoms with van der Waals surface area (Å²) in [6.07, 6.45) is 2.75. The monoisotopic (exact) mass is 394 g/mol. The van der Waals surface area contributed by atoms with Gasteiger partial charge in [0.1, 0.15) is 5.75 Å². The molecule has 0 atom stereocenters. The number of aromatic carboxylic acids is 1. The van der Waals surface area contributed by atoms with Crippen LogP contribution in [0.15, 0.2) is 54.6 Å². The molecule has 0 aliphatic heterocycles. The Bertz CT molecular complexity index is 934. The molecule has 29 heavy (non-hydrogen) atoms. The summed E-state index contributed by atoms with van der Waals surface area (Å²) in [5, 5.41) is 8.94. The van der Waals surface area contributed by atoms with E-state index in [0.717, 1.165) is 24.8 Å². The average molecular weight is 394 g/mol. The fraction of sp³-hybridized carbons (Fsp3) is 0.227. The van der Waals surface area contributed by atoms with Gasteiger partial charge in [0.25, 0.3) is 0 Å². The van der Waals surface area contributed by atoms with Crippen LogP contribution in [0.2, 0.25) is 0 Å². The predicted octanol–water partition coefficient (Wildman–Crippen LogP) is 4.16. The van der Waals surface area contributed by atoms with Gasteiger partial charge in [0.05, 0.1) is 25.8 Å². The number of ether oxygens (including phenoxy) is 3. The van der Waals surface area contributed by atoms with Crippen molar-refractivity contribution in [1.82, 2.24) is 9.97 Å². The number of carboxylic acids is 1. The SMILES string of the molecule is COc1cc(OC)nc(Oc2ccc(CCCc3ccc(C(=O)O)cc3)cc2)n1. The third-order valence-corrected chi connectivity index (χ3v) is 4.34. The maximum atomic E-state index is 10.9. The van der Waals surface area contributed by atoms with Crippen molar-refractivity contribution < 1.29 is 24.1 Å². The number of hydrogen-bond acceptors (Lipinski definition) is 6. The number of hydrogen-bond donors (Lipinski definition) is 1. The van der Waals surface area contributed by atoms with E-state index in [9.17, 15) is 4.79 Å². The van der Waals surface area contributed by atoms with Crippen LogP contribution in [0.4, 0.5) is 0 Å². The number of aryl methyl sites for hydroxylation is 2. The Morgan fingerprint density at radius 3 is 1.86 bits per heavy atom. The van der Waals surface area contributed by atoms with Crippen LogP contribution in [-0.4, -0.2) is 35.3 Å². The molecule has 0 aliphatic rings. The molecule has 0 fully saturated rings. The number of nitrogens with zero attached hydrogens (tertiary/aromatic N) is 2. The lowest BCUT2D eigenvalue weighted by atomic mass is 10.0. The van der Waals surface area contributed by atoms with E-state index in [1.54, 1.807) is 18.2 Å². The van der Waals surface area contributed by atoms with Crippen molar-refractivity contribution in [2.24, 2.45) is 0 Å². The van der Waals surface area contributed by atoms with Gasteiger partial charge < -0.3 is 19.3 Å².